The van der Waals surface area contributed by atoms with E-state index in [9.17, 15) is 4.79 Å². The lowest BCUT2D eigenvalue weighted by Gasteiger charge is -2.19. The molecular weight excluding hydrogens is 334 g/mol. The number of aromatic nitrogens is 4. The Balaban J connectivity index is 0.00000117. The smallest absolute Gasteiger partial charge is 0.224 e. The molecule has 0 unspecified atom stereocenters. The average Bonchev–Trinajstić information content (AvgIpc) is 2.68. The molecule has 0 spiro atoms. The lowest BCUT2D eigenvalue weighted by molar-refractivity contribution is 0.112. The number of benzene rings is 1. The monoisotopic (exact) mass is 355 g/mol. The topological polar surface area (TPSA) is 144 Å². The number of aliphatic hydroxyl groups is 1. The number of aliphatic hydroxyl groups excluding tert-OH is 1. The third-order valence-electron chi connectivity index (χ3n) is 3.67. The minimum absolute atomic E-state index is 0.0838. The van der Waals surface area contributed by atoms with Crippen molar-refractivity contribution in [3.8, 4) is 0 Å². The molecule has 0 aliphatic carbocycles. The summed E-state index contributed by atoms with van der Waals surface area (Å²) in [5.74, 6) is 0.310. The van der Waals surface area contributed by atoms with Gasteiger partial charge in [-0.15, -0.1) is 0 Å². The van der Waals surface area contributed by atoms with Crippen LogP contribution in [0.4, 0.5) is 17.5 Å². The van der Waals surface area contributed by atoms with Gasteiger partial charge in [0, 0.05) is 38.4 Å². The van der Waals surface area contributed by atoms with Crippen LogP contribution in [-0.4, -0.2) is 52.0 Å². The average molecular weight is 355 g/mol. The number of anilines is 3. The van der Waals surface area contributed by atoms with E-state index in [2.05, 4.69) is 24.8 Å². The maximum Gasteiger partial charge on any atom is 0.224 e. The van der Waals surface area contributed by atoms with Crippen LogP contribution in [0.25, 0.3) is 11.2 Å². The molecule has 2 heterocycles. The van der Waals surface area contributed by atoms with Gasteiger partial charge in [-0.2, -0.15) is 9.97 Å². The standard InChI is InChI=1S/C16H17N7O.CH4O/c1-23(12-4-2-10(9-24)3-5-12)7-6-11-8-19-15-13(20-11)14(17)21-16(18)22-15;1-2/h2-5,8-9H,6-7H2,1H3,(H4,17,18,19,21,22);2H,1H3. The van der Waals surface area contributed by atoms with Gasteiger partial charge in [0.1, 0.15) is 6.29 Å². The number of nitrogens with two attached hydrogens (primary N) is 2. The van der Waals surface area contributed by atoms with Gasteiger partial charge >= 0.3 is 0 Å². The van der Waals surface area contributed by atoms with E-state index in [1.807, 2.05) is 19.2 Å². The molecule has 3 rings (SSSR count). The Morgan fingerprint density at radius 1 is 1.12 bits per heavy atom. The number of carbonyl (C=O) groups is 1. The summed E-state index contributed by atoms with van der Waals surface area (Å²) in [6.45, 7) is 0.732. The number of aldehydes is 1. The van der Waals surface area contributed by atoms with Crippen LogP contribution in [0.5, 0.6) is 0 Å². The number of hydrogen-bond donors (Lipinski definition) is 3. The number of nitrogen functional groups attached to an aromatic ring is 2. The second-order valence-corrected chi connectivity index (χ2v) is 5.38. The maximum absolute atomic E-state index is 10.7. The molecule has 2 aromatic heterocycles. The van der Waals surface area contributed by atoms with Crippen molar-refractivity contribution in [2.45, 2.75) is 6.42 Å². The molecule has 136 valence electrons. The SMILES string of the molecule is CN(CCc1cnc2nc(N)nc(N)c2n1)c1ccc(C=O)cc1.CO. The Hall–Kier alpha value is -3.33. The highest BCUT2D eigenvalue weighted by atomic mass is 16.2. The summed E-state index contributed by atoms with van der Waals surface area (Å²) in [6.07, 6.45) is 3.17. The fourth-order valence-corrected chi connectivity index (χ4v) is 2.32. The molecule has 0 fully saturated rings. The first kappa shape index (κ1) is 19.0. The first-order chi connectivity index (χ1) is 12.6. The second kappa shape index (κ2) is 8.67. The van der Waals surface area contributed by atoms with Crippen LogP contribution in [0.1, 0.15) is 16.1 Å². The summed E-state index contributed by atoms with van der Waals surface area (Å²) in [7, 11) is 2.97. The van der Waals surface area contributed by atoms with E-state index >= 15 is 0 Å². The Morgan fingerprint density at radius 2 is 1.81 bits per heavy atom. The zero-order valence-electron chi connectivity index (χ0n) is 14.6. The molecule has 0 aliphatic heterocycles. The van der Waals surface area contributed by atoms with E-state index in [0.29, 0.717) is 23.1 Å². The van der Waals surface area contributed by atoms with E-state index in [1.165, 1.54) is 0 Å². The fraction of sp³-hybridized carbons (Fsp3) is 0.235. The van der Waals surface area contributed by atoms with Crippen LogP contribution in [0.15, 0.2) is 30.5 Å². The van der Waals surface area contributed by atoms with Crippen LogP contribution < -0.4 is 16.4 Å². The van der Waals surface area contributed by atoms with Gasteiger partial charge in [-0.1, -0.05) is 0 Å². The number of fused-ring (bicyclic) bond motifs is 1. The molecule has 0 saturated carbocycles. The Kier molecular flexibility index (Phi) is 6.34. The van der Waals surface area contributed by atoms with Crippen LogP contribution in [-0.2, 0) is 6.42 Å². The molecule has 0 amide bonds. The molecule has 9 nitrogen and oxygen atoms in total. The maximum atomic E-state index is 10.7. The van der Waals surface area contributed by atoms with Crippen molar-refractivity contribution in [3.05, 3.63) is 41.7 Å². The number of likely N-dealkylation sites (N-methyl/N-ethyl adjacent to an activating group) is 1. The molecule has 1 aromatic carbocycles. The van der Waals surface area contributed by atoms with Crippen molar-refractivity contribution >= 4 is 34.9 Å². The van der Waals surface area contributed by atoms with Gasteiger partial charge in [-0.3, -0.25) is 4.79 Å². The molecular formula is C17H21N7O2. The van der Waals surface area contributed by atoms with Gasteiger partial charge in [0.05, 0.1) is 11.9 Å². The quantitative estimate of drug-likeness (QED) is 0.563. The Labute approximate surface area is 150 Å². The summed E-state index contributed by atoms with van der Waals surface area (Å²) in [4.78, 5) is 29.4. The zero-order valence-corrected chi connectivity index (χ0v) is 14.6. The van der Waals surface area contributed by atoms with Gasteiger partial charge in [0.15, 0.2) is 17.0 Å². The normalized spacial score (nSPS) is 10.1. The fourth-order valence-electron chi connectivity index (χ4n) is 2.32. The summed E-state index contributed by atoms with van der Waals surface area (Å²) in [6, 6.07) is 7.39. The number of carbonyl (C=O) groups excluding carboxylic acids is 1. The zero-order chi connectivity index (χ0) is 19.1. The van der Waals surface area contributed by atoms with Crippen LogP contribution in [0.3, 0.4) is 0 Å². The molecule has 0 bridgehead atoms. The predicted octanol–water partition coefficient (Wildman–Crippen LogP) is 0.684. The number of hydrogen-bond acceptors (Lipinski definition) is 9. The molecule has 0 aliphatic rings. The molecule has 5 N–H and O–H groups in total. The van der Waals surface area contributed by atoms with Gasteiger partial charge in [0.2, 0.25) is 5.95 Å². The molecule has 3 aromatic rings. The van der Waals surface area contributed by atoms with Crippen LogP contribution in [0.2, 0.25) is 0 Å². The highest BCUT2D eigenvalue weighted by molar-refractivity contribution is 5.81. The minimum Gasteiger partial charge on any atom is -0.400 e. The molecule has 0 radical (unpaired) electrons. The molecule has 9 heteroatoms. The Bertz CT molecular complexity index is 884. The van der Waals surface area contributed by atoms with Crippen molar-refractivity contribution in [1.82, 2.24) is 19.9 Å². The lowest BCUT2D eigenvalue weighted by atomic mass is 10.2. The summed E-state index contributed by atoms with van der Waals surface area (Å²) in [5.41, 5.74) is 14.7. The first-order valence-corrected chi connectivity index (χ1v) is 7.82. The lowest BCUT2D eigenvalue weighted by Crippen LogP contribution is -2.20. The second-order valence-electron chi connectivity index (χ2n) is 5.38. The van der Waals surface area contributed by atoms with Crippen molar-refractivity contribution < 1.29 is 9.90 Å². The summed E-state index contributed by atoms with van der Waals surface area (Å²) in [5, 5.41) is 7.00. The number of rotatable bonds is 5. The largest absolute Gasteiger partial charge is 0.400 e. The number of nitrogens with zero attached hydrogens (tertiary/aromatic N) is 5. The van der Waals surface area contributed by atoms with Gasteiger partial charge in [0.25, 0.3) is 0 Å². The van der Waals surface area contributed by atoms with Crippen molar-refractivity contribution in [3.63, 3.8) is 0 Å². The van der Waals surface area contributed by atoms with E-state index in [-0.39, 0.29) is 11.8 Å². The van der Waals surface area contributed by atoms with Crippen LogP contribution in [0, 0.1) is 0 Å². The first-order valence-electron chi connectivity index (χ1n) is 7.82. The minimum atomic E-state index is 0.0838. The van der Waals surface area contributed by atoms with Gasteiger partial charge in [-0.25, -0.2) is 9.97 Å². The highest BCUT2D eigenvalue weighted by Crippen LogP contribution is 2.16. The molecule has 26 heavy (non-hydrogen) atoms. The van der Waals surface area contributed by atoms with Crippen LogP contribution >= 0.6 is 0 Å². The summed E-state index contributed by atoms with van der Waals surface area (Å²) < 4.78 is 0. The molecule has 0 saturated heterocycles. The van der Waals surface area contributed by atoms with Crippen molar-refractivity contribution in [2.75, 3.05) is 37.1 Å². The third kappa shape index (κ3) is 4.39. The van der Waals surface area contributed by atoms with Gasteiger partial charge in [-0.05, 0) is 24.3 Å². The van der Waals surface area contributed by atoms with Crippen molar-refractivity contribution in [2.24, 2.45) is 0 Å². The van der Waals surface area contributed by atoms with E-state index < -0.39 is 0 Å². The van der Waals surface area contributed by atoms with E-state index in [1.54, 1.807) is 18.3 Å². The van der Waals surface area contributed by atoms with E-state index in [4.69, 9.17) is 16.6 Å². The predicted molar refractivity (Wildman–Crippen MR) is 101 cm³/mol. The molecule has 0 atom stereocenters. The van der Waals surface area contributed by atoms with Crippen molar-refractivity contribution in [1.29, 1.82) is 0 Å². The highest BCUT2D eigenvalue weighted by Gasteiger charge is 2.08. The third-order valence-corrected chi connectivity index (χ3v) is 3.67. The van der Waals surface area contributed by atoms with E-state index in [0.717, 1.165) is 31.3 Å². The Morgan fingerprint density at radius 3 is 2.46 bits per heavy atom. The van der Waals surface area contributed by atoms with Gasteiger partial charge < -0.3 is 21.5 Å². The summed E-state index contributed by atoms with van der Waals surface area (Å²) >= 11 is 0.